The number of hydrogen-bond donors (Lipinski definition) is 1. The topological polar surface area (TPSA) is 91.3 Å². The molecule has 0 unspecified atom stereocenters. The minimum Gasteiger partial charge on any atom is -0.491 e. The van der Waals surface area contributed by atoms with Crippen LogP contribution in [0.4, 0.5) is 5.69 Å². The van der Waals surface area contributed by atoms with Gasteiger partial charge < -0.3 is 10.5 Å². The van der Waals surface area contributed by atoms with E-state index >= 15 is 0 Å². The number of rotatable bonds is 6. The van der Waals surface area contributed by atoms with Gasteiger partial charge in [-0.3, -0.25) is 10.1 Å². The van der Waals surface area contributed by atoms with Crippen molar-refractivity contribution in [1.29, 1.82) is 0 Å². The summed E-state index contributed by atoms with van der Waals surface area (Å²) < 4.78 is 5.79. The van der Waals surface area contributed by atoms with Crippen molar-refractivity contribution in [2.75, 3.05) is 13.2 Å². The first kappa shape index (κ1) is 18.4. The Balaban J connectivity index is 0.00000208. The number of nitro groups is 1. The minimum atomic E-state index is -0.439. The molecule has 0 atom stereocenters. The molecule has 1 aromatic heterocycles. The molecule has 0 saturated heterocycles. The van der Waals surface area contributed by atoms with E-state index in [-0.39, 0.29) is 23.5 Å². The first-order valence-corrected chi connectivity index (χ1v) is 7.64. The van der Waals surface area contributed by atoms with Crippen molar-refractivity contribution in [2.24, 2.45) is 11.1 Å². The Bertz CT molecular complexity index is 734. The molecule has 6 nitrogen and oxygen atoms in total. The maximum atomic E-state index is 10.7. The van der Waals surface area contributed by atoms with E-state index in [2.05, 4.69) is 4.98 Å². The maximum Gasteiger partial charge on any atom is 0.269 e. The molecule has 1 aromatic carbocycles. The monoisotopic (exact) mass is 369 g/mol. The Morgan fingerprint density at radius 1 is 1.33 bits per heavy atom. The molecule has 1 aliphatic rings. The summed E-state index contributed by atoms with van der Waals surface area (Å²) in [6, 6.07) is 7.96. The van der Waals surface area contributed by atoms with Crippen LogP contribution in [0.1, 0.15) is 12.8 Å². The molecule has 2 N–H and O–H groups in total. The Morgan fingerprint density at radius 3 is 2.54 bits per heavy atom. The number of ether oxygens (including phenoxy) is 1. The maximum absolute atomic E-state index is 10.7. The van der Waals surface area contributed by atoms with Gasteiger partial charge in [0.05, 0.1) is 17.7 Å². The predicted molar refractivity (Wildman–Crippen MR) is 94.8 cm³/mol. The van der Waals surface area contributed by atoms with Crippen LogP contribution in [0.25, 0.3) is 11.1 Å². The van der Waals surface area contributed by atoms with Gasteiger partial charge in [0.15, 0.2) is 0 Å². The van der Waals surface area contributed by atoms with E-state index in [1.54, 1.807) is 24.4 Å². The molecule has 2 aromatic rings. The molecule has 128 valence electrons. The SMILES string of the molecule is Cl.NCC1(COc2cnc(Cl)c(-c3ccc([N+](=O)[O-])cc3)c2)CC1. The van der Waals surface area contributed by atoms with Gasteiger partial charge in [-0.1, -0.05) is 11.6 Å². The van der Waals surface area contributed by atoms with Crippen LogP contribution in [-0.4, -0.2) is 23.1 Å². The Hall–Kier alpha value is -1.89. The summed E-state index contributed by atoms with van der Waals surface area (Å²) in [7, 11) is 0. The van der Waals surface area contributed by atoms with E-state index in [0.717, 1.165) is 18.4 Å². The van der Waals surface area contributed by atoms with Crippen molar-refractivity contribution < 1.29 is 9.66 Å². The van der Waals surface area contributed by atoms with Crippen molar-refractivity contribution in [1.82, 2.24) is 4.98 Å². The highest BCUT2D eigenvalue weighted by molar-refractivity contribution is 6.32. The zero-order valence-electron chi connectivity index (χ0n) is 12.8. The molecular weight excluding hydrogens is 353 g/mol. The number of nitro benzene ring substituents is 1. The molecule has 1 saturated carbocycles. The van der Waals surface area contributed by atoms with Crippen LogP contribution in [-0.2, 0) is 0 Å². The summed E-state index contributed by atoms with van der Waals surface area (Å²) in [6.45, 7) is 1.18. The number of halogens is 2. The van der Waals surface area contributed by atoms with Crippen molar-refractivity contribution in [2.45, 2.75) is 12.8 Å². The molecule has 0 aliphatic heterocycles. The summed E-state index contributed by atoms with van der Waals surface area (Å²) in [5, 5.41) is 11.0. The number of nitrogens with zero attached hydrogens (tertiary/aromatic N) is 2. The van der Waals surface area contributed by atoms with Crippen molar-refractivity contribution in [3.05, 3.63) is 51.8 Å². The third-order valence-corrected chi connectivity index (χ3v) is 4.44. The average Bonchev–Trinajstić information content (AvgIpc) is 3.35. The fourth-order valence-electron chi connectivity index (χ4n) is 2.29. The Morgan fingerprint density at radius 2 is 2.00 bits per heavy atom. The van der Waals surface area contributed by atoms with Crippen LogP contribution in [0.15, 0.2) is 36.5 Å². The lowest BCUT2D eigenvalue weighted by Gasteiger charge is -2.14. The summed E-state index contributed by atoms with van der Waals surface area (Å²) in [5.74, 6) is 0.613. The zero-order chi connectivity index (χ0) is 16.4. The normalized spacial score (nSPS) is 14.6. The van der Waals surface area contributed by atoms with Crippen LogP contribution < -0.4 is 10.5 Å². The smallest absolute Gasteiger partial charge is 0.269 e. The number of non-ortho nitro benzene ring substituents is 1. The Kier molecular flexibility index (Phi) is 5.64. The van der Waals surface area contributed by atoms with Crippen LogP contribution >= 0.6 is 24.0 Å². The van der Waals surface area contributed by atoms with Gasteiger partial charge in [-0.2, -0.15) is 0 Å². The van der Waals surface area contributed by atoms with E-state index in [1.165, 1.54) is 12.1 Å². The average molecular weight is 370 g/mol. The number of hydrogen-bond acceptors (Lipinski definition) is 5. The summed E-state index contributed by atoms with van der Waals surface area (Å²) in [5.41, 5.74) is 7.31. The molecule has 1 fully saturated rings. The molecule has 3 rings (SSSR count). The van der Waals surface area contributed by atoms with Crippen LogP contribution in [0.2, 0.25) is 5.15 Å². The molecule has 8 heteroatoms. The summed E-state index contributed by atoms with van der Waals surface area (Å²) in [4.78, 5) is 14.4. The number of nitrogens with two attached hydrogens (primary N) is 1. The highest BCUT2D eigenvalue weighted by Gasteiger charge is 2.42. The third kappa shape index (κ3) is 3.95. The molecule has 1 aliphatic carbocycles. The predicted octanol–water partition coefficient (Wildman–Crippen LogP) is 3.85. The summed E-state index contributed by atoms with van der Waals surface area (Å²) in [6.07, 6.45) is 3.74. The lowest BCUT2D eigenvalue weighted by molar-refractivity contribution is -0.384. The second-order valence-corrected chi connectivity index (χ2v) is 6.16. The van der Waals surface area contributed by atoms with Crippen molar-refractivity contribution in [3.63, 3.8) is 0 Å². The first-order chi connectivity index (χ1) is 11.0. The van der Waals surface area contributed by atoms with Gasteiger partial charge >= 0.3 is 0 Å². The van der Waals surface area contributed by atoms with Crippen LogP contribution in [0.5, 0.6) is 5.75 Å². The molecule has 0 amide bonds. The van der Waals surface area contributed by atoms with Gasteiger partial charge in [0.25, 0.3) is 5.69 Å². The van der Waals surface area contributed by atoms with E-state index in [4.69, 9.17) is 22.1 Å². The second-order valence-electron chi connectivity index (χ2n) is 5.81. The molecule has 0 radical (unpaired) electrons. The molecule has 0 spiro atoms. The molecular formula is C16H17Cl2N3O3. The van der Waals surface area contributed by atoms with Crippen molar-refractivity contribution in [3.8, 4) is 16.9 Å². The van der Waals surface area contributed by atoms with E-state index in [0.29, 0.717) is 29.6 Å². The Labute approximate surface area is 150 Å². The summed E-state index contributed by atoms with van der Waals surface area (Å²) >= 11 is 6.14. The standard InChI is InChI=1S/C16H16ClN3O3.ClH/c17-15-14(11-1-3-12(4-2-11)20(21)22)7-13(8-19-15)23-10-16(9-18)5-6-16;/h1-4,7-8H,5-6,9-10,18H2;1H. The van der Waals surface area contributed by atoms with Gasteiger partial charge in [0.1, 0.15) is 10.9 Å². The van der Waals surface area contributed by atoms with Crippen LogP contribution in [0, 0.1) is 15.5 Å². The highest BCUT2D eigenvalue weighted by atomic mass is 35.5. The minimum absolute atomic E-state index is 0. The lowest BCUT2D eigenvalue weighted by Crippen LogP contribution is -2.22. The molecule has 24 heavy (non-hydrogen) atoms. The van der Waals surface area contributed by atoms with Crippen LogP contribution in [0.3, 0.4) is 0 Å². The van der Waals surface area contributed by atoms with E-state index in [1.807, 2.05) is 0 Å². The number of pyridine rings is 1. The third-order valence-electron chi connectivity index (χ3n) is 4.14. The molecule has 0 bridgehead atoms. The molecule has 1 heterocycles. The first-order valence-electron chi connectivity index (χ1n) is 7.26. The largest absolute Gasteiger partial charge is 0.491 e. The number of benzene rings is 1. The lowest BCUT2D eigenvalue weighted by atomic mass is 10.1. The van der Waals surface area contributed by atoms with Gasteiger partial charge in [0, 0.05) is 29.7 Å². The van der Waals surface area contributed by atoms with Gasteiger partial charge in [-0.05, 0) is 36.6 Å². The van der Waals surface area contributed by atoms with Gasteiger partial charge in [-0.15, -0.1) is 12.4 Å². The fraction of sp³-hybridized carbons (Fsp3) is 0.312. The highest BCUT2D eigenvalue weighted by Crippen LogP contribution is 2.44. The van der Waals surface area contributed by atoms with Crippen molar-refractivity contribution >= 4 is 29.7 Å². The van der Waals surface area contributed by atoms with Gasteiger partial charge in [0.2, 0.25) is 0 Å². The quantitative estimate of drug-likeness (QED) is 0.474. The van der Waals surface area contributed by atoms with Gasteiger partial charge in [-0.25, -0.2) is 4.98 Å². The van der Waals surface area contributed by atoms with E-state index < -0.39 is 4.92 Å². The van der Waals surface area contributed by atoms with E-state index in [9.17, 15) is 10.1 Å². The fourth-order valence-corrected chi connectivity index (χ4v) is 2.51. The second kappa shape index (κ2) is 7.34. The number of aromatic nitrogens is 1. The zero-order valence-corrected chi connectivity index (χ0v) is 14.3.